The molecule has 0 spiro atoms. The van der Waals surface area contributed by atoms with Gasteiger partial charge in [0.15, 0.2) is 0 Å². The average Bonchev–Trinajstić information content (AvgIpc) is 2.70. The predicted molar refractivity (Wildman–Crippen MR) is 111 cm³/mol. The summed E-state index contributed by atoms with van der Waals surface area (Å²) in [5.74, 6) is 0.759. The van der Waals surface area contributed by atoms with Gasteiger partial charge in [-0.3, -0.25) is 9.69 Å². The van der Waals surface area contributed by atoms with Crippen LogP contribution in [-0.4, -0.2) is 50.1 Å². The first-order valence-corrected chi connectivity index (χ1v) is 9.62. The van der Waals surface area contributed by atoms with Crippen molar-refractivity contribution in [1.29, 1.82) is 0 Å². The Bertz CT molecular complexity index is 808. The molecular formula is C20H23Cl2N3O2. The summed E-state index contributed by atoms with van der Waals surface area (Å²) >= 11 is 12.1. The minimum Gasteiger partial charge on any atom is -0.497 e. The summed E-state index contributed by atoms with van der Waals surface area (Å²) in [7, 11) is 1.67. The zero-order valence-corrected chi connectivity index (χ0v) is 16.9. The molecular weight excluding hydrogens is 385 g/mol. The monoisotopic (exact) mass is 407 g/mol. The van der Waals surface area contributed by atoms with Crippen molar-refractivity contribution >= 4 is 40.5 Å². The van der Waals surface area contributed by atoms with Crippen LogP contribution < -0.4 is 15.0 Å². The number of ether oxygens (including phenoxy) is 1. The summed E-state index contributed by atoms with van der Waals surface area (Å²) in [4.78, 5) is 17.1. The van der Waals surface area contributed by atoms with Crippen LogP contribution in [0.15, 0.2) is 42.5 Å². The molecule has 1 saturated heterocycles. The molecule has 2 aromatic rings. The Hall–Kier alpha value is -1.95. The number of anilines is 2. The van der Waals surface area contributed by atoms with Gasteiger partial charge in [-0.25, -0.2) is 0 Å². The van der Waals surface area contributed by atoms with Gasteiger partial charge in [0.2, 0.25) is 5.91 Å². The van der Waals surface area contributed by atoms with Gasteiger partial charge in [0.05, 0.1) is 23.9 Å². The number of halogens is 2. The Kier molecular flexibility index (Phi) is 6.47. The van der Waals surface area contributed by atoms with Gasteiger partial charge >= 0.3 is 0 Å². The maximum Gasteiger partial charge on any atom is 0.241 e. The van der Waals surface area contributed by atoms with Crippen molar-refractivity contribution in [2.45, 2.75) is 13.0 Å². The SMILES string of the molecule is COc1cccc(N2CCN([C@H](C)C(=O)Nc3cc(Cl)ccc3Cl)CC2)c1. The molecule has 1 fully saturated rings. The Labute approximate surface area is 169 Å². The fraction of sp³-hybridized carbons (Fsp3) is 0.350. The van der Waals surface area contributed by atoms with E-state index in [1.54, 1.807) is 25.3 Å². The van der Waals surface area contributed by atoms with Gasteiger partial charge in [0, 0.05) is 43.0 Å². The second-order valence-electron chi connectivity index (χ2n) is 6.51. The van der Waals surface area contributed by atoms with E-state index in [1.165, 1.54) is 0 Å². The molecule has 5 nitrogen and oxygen atoms in total. The zero-order chi connectivity index (χ0) is 19.4. The summed E-state index contributed by atoms with van der Waals surface area (Å²) in [6, 6.07) is 12.8. The topological polar surface area (TPSA) is 44.8 Å². The van der Waals surface area contributed by atoms with Gasteiger partial charge in [-0.1, -0.05) is 29.3 Å². The number of benzene rings is 2. The number of nitrogens with zero attached hydrogens (tertiary/aromatic N) is 2. The quantitative estimate of drug-likeness (QED) is 0.808. The lowest BCUT2D eigenvalue weighted by molar-refractivity contribution is -0.120. The molecule has 3 rings (SSSR count). The lowest BCUT2D eigenvalue weighted by Crippen LogP contribution is -2.52. The smallest absolute Gasteiger partial charge is 0.241 e. The van der Waals surface area contributed by atoms with Crippen LogP contribution in [-0.2, 0) is 4.79 Å². The Morgan fingerprint density at radius 3 is 2.56 bits per heavy atom. The number of hydrogen-bond acceptors (Lipinski definition) is 4. The van der Waals surface area contributed by atoms with Gasteiger partial charge in [0.25, 0.3) is 0 Å². The fourth-order valence-electron chi connectivity index (χ4n) is 3.17. The molecule has 1 aliphatic rings. The molecule has 144 valence electrons. The fourth-order valence-corrected chi connectivity index (χ4v) is 3.51. The molecule has 0 bridgehead atoms. The molecule has 27 heavy (non-hydrogen) atoms. The summed E-state index contributed by atoms with van der Waals surface area (Å²) in [6.07, 6.45) is 0. The number of nitrogens with one attached hydrogen (secondary N) is 1. The van der Waals surface area contributed by atoms with Crippen LogP contribution in [0.3, 0.4) is 0 Å². The molecule has 1 atom stereocenters. The van der Waals surface area contributed by atoms with E-state index >= 15 is 0 Å². The highest BCUT2D eigenvalue weighted by atomic mass is 35.5. The van der Waals surface area contributed by atoms with Crippen molar-refractivity contribution in [1.82, 2.24) is 4.90 Å². The largest absolute Gasteiger partial charge is 0.497 e. The summed E-state index contributed by atoms with van der Waals surface area (Å²) in [6.45, 7) is 5.21. The van der Waals surface area contributed by atoms with Gasteiger partial charge in [0.1, 0.15) is 5.75 Å². The second kappa shape index (κ2) is 8.83. The number of carbonyl (C=O) groups excluding carboxylic acids is 1. The molecule has 1 N–H and O–H groups in total. The normalized spacial score (nSPS) is 16.1. The van der Waals surface area contributed by atoms with E-state index < -0.39 is 0 Å². The molecule has 1 heterocycles. The Morgan fingerprint density at radius 1 is 1.11 bits per heavy atom. The third kappa shape index (κ3) is 4.86. The van der Waals surface area contributed by atoms with Crippen LogP contribution in [0.25, 0.3) is 0 Å². The summed E-state index contributed by atoms with van der Waals surface area (Å²) < 4.78 is 5.30. The van der Waals surface area contributed by atoms with Crippen LogP contribution in [0.4, 0.5) is 11.4 Å². The van der Waals surface area contributed by atoms with Crippen molar-refractivity contribution < 1.29 is 9.53 Å². The first-order valence-electron chi connectivity index (χ1n) is 8.87. The van der Waals surface area contributed by atoms with Gasteiger partial charge < -0.3 is 15.0 Å². The van der Waals surface area contributed by atoms with E-state index in [0.717, 1.165) is 37.6 Å². The molecule has 0 saturated carbocycles. The van der Waals surface area contributed by atoms with Crippen molar-refractivity contribution in [3.05, 3.63) is 52.5 Å². The first kappa shape index (κ1) is 19.8. The maximum absolute atomic E-state index is 12.6. The highest BCUT2D eigenvalue weighted by molar-refractivity contribution is 6.35. The van der Waals surface area contributed by atoms with Crippen molar-refractivity contribution in [2.75, 3.05) is 43.5 Å². The molecule has 2 aromatic carbocycles. The van der Waals surface area contributed by atoms with Crippen LogP contribution in [0.2, 0.25) is 10.0 Å². The molecule has 0 aromatic heterocycles. The molecule has 1 amide bonds. The van der Waals surface area contributed by atoms with E-state index in [2.05, 4.69) is 21.2 Å². The predicted octanol–water partition coefficient (Wildman–Crippen LogP) is 4.15. The minimum atomic E-state index is -0.257. The molecule has 7 heteroatoms. The van der Waals surface area contributed by atoms with E-state index in [9.17, 15) is 4.79 Å². The highest BCUT2D eigenvalue weighted by Crippen LogP contribution is 2.26. The van der Waals surface area contributed by atoms with Crippen molar-refractivity contribution in [3.8, 4) is 5.75 Å². The van der Waals surface area contributed by atoms with Gasteiger partial charge in [-0.05, 0) is 37.3 Å². The van der Waals surface area contributed by atoms with E-state index in [4.69, 9.17) is 27.9 Å². The van der Waals surface area contributed by atoms with Crippen LogP contribution in [0.1, 0.15) is 6.92 Å². The van der Waals surface area contributed by atoms with Gasteiger partial charge in [-0.15, -0.1) is 0 Å². The second-order valence-corrected chi connectivity index (χ2v) is 7.36. The van der Waals surface area contributed by atoms with Crippen molar-refractivity contribution in [2.24, 2.45) is 0 Å². The van der Waals surface area contributed by atoms with Crippen LogP contribution in [0, 0.1) is 0 Å². The third-order valence-electron chi connectivity index (χ3n) is 4.85. The lowest BCUT2D eigenvalue weighted by Gasteiger charge is -2.38. The maximum atomic E-state index is 12.6. The molecule has 0 aliphatic carbocycles. The Balaban J connectivity index is 1.58. The van der Waals surface area contributed by atoms with E-state index in [1.807, 2.05) is 25.1 Å². The number of rotatable bonds is 5. The van der Waals surface area contributed by atoms with E-state index in [-0.39, 0.29) is 11.9 Å². The van der Waals surface area contributed by atoms with Crippen LogP contribution in [0.5, 0.6) is 5.75 Å². The van der Waals surface area contributed by atoms with Crippen molar-refractivity contribution in [3.63, 3.8) is 0 Å². The van der Waals surface area contributed by atoms with E-state index in [0.29, 0.717) is 15.7 Å². The number of piperazine rings is 1. The summed E-state index contributed by atoms with van der Waals surface area (Å²) in [5, 5.41) is 3.89. The zero-order valence-electron chi connectivity index (χ0n) is 15.4. The number of carbonyl (C=O) groups is 1. The third-order valence-corrected chi connectivity index (χ3v) is 5.41. The van der Waals surface area contributed by atoms with Crippen LogP contribution >= 0.6 is 23.2 Å². The minimum absolute atomic E-state index is 0.0889. The van der Waals surface area contributed by atoms with Gasteiger partial charge in [-0.2, -0.15) is 0 Å². The lowest BCUT2D eigenvalue weighted by atomic mass is 10.2. The number of hydrogen-bond donors (Lipinski definition) is 1. The number of methoxy groups -OCH3 is 1. The number of amides is 1. The standard InChI is InChI=1S/C20H23Cl2N3O2/c1-14(20(26)23-19-12-15(21)6-7-18(19)22)24-8-10-25(11-9-24)16-4-3-5-17(13-16)27-2/h3-7,12-14H,8-11H2,1-2H3,(H,23,26)/t14-/m1/s1. The summed E-state index contributed by atoms with van der Waals surface area (Å²) in [5.41, 5.74) is 1.67. The first-order chi connectivity index (χ1) is 13.0. The highest BCUT2D eigenvalue weighted by Gasteiger charge is 2.26. The molecule has 0 unspecified atom stereocenters. The molecule has 1 aliphatic heterocycles. The molecule has 0 radical (unpaired) electrons. The average molecular weight is 408 g/mol. The Morgan fingerprint density at radius 2 is 1.85 bits per heavy atom.